The van der Waals surface area contributed by atoms with Crippen LogP contribution in [0.3, 0.4) is 0 Å². The van der Waals surface area contributed by atoms with Gasteiger partial charge in [0.05, 0.1) is 36.5 Å². The summed E-state index contributed by atoms with van der Waals surface area (Å²) in [6, 6.07) is 11.0. The lowest BCUT2D eigenvalue weighted by Crippen LogP contribution is -2.61. The predicted octanol–water partition coefficient (Wildman–Crippen LogP) is 3.28. The summed E-state index contributed by atoms with van der Waals surface area (Å²) < 4.78 is 94.5. The summed E-state index contributed by atoms with van der Waals surface area (Å²) in [4.78, 5) is 83.2. The maximum absolute atomic E-state index is 14.2. The second kappa shape index (κ2) is 29.2. The third-order valence-electron chi connectivity index (χ3n) is 13.0. The maximum Gasteiger partial charge on any atom is 0.471 e. The number of Topliss-reactive ketones (excluding diaryl/α,β-unsaturated/α-hetero) is 1. The first-order valence-corrected chi connectivity index (χ1v) is 24.6. The first kappa shape index (κ1) is 60.5. The molecule has 2 saturated heterocycles. The number of nitrogens with zero attached hydrogens (tertiary/aromatic N) is 3. The van der Waals surface area contributed by atoms with Crippen LogP contribution in [-0.4, -0.2) is 170 Å². The van der Waals surface area contributed by atoms with Crippen LogP contribution in [0.1, 0.15) is 70.9 Å². The first-order valence-electron chi connectivity index (χ1n) is 24.6. The molecule has 2 fully saturated rings. The fourth-order valence-corrected chi connectivity index (χ4v) is 8.45. The van der Waals surface area contributed by atoms with Crippen LogP contribution in [0, 0.1) is 23.7 Å². The highest BCUT2D eigenvalue weighted by molar-refractivity contribution is 5.92. The highest BCUT2D eigenvalue weighted by atomic mass is 19.4. The van der Waals surface area contributed by atoms with E-state index in [4.69, 9.17) is 9.47 Å². The number of hydrogen-bond donors (Lipinski definition) is 5. The molecule has 1 unspecified atom stereocenters. The summed E-state index contributed by atoms with van der Waals surface area (Å²) in [6.07, 6.45) is -11.6. The molecule has 2 aromatic rings. The summed E-state index contributed by atoms with van der Waals surface area (Å²) in [6.45, 7) is 5.32. The predicted molar refractivity (Wildman–Crippen MR) is 262 cm³/mol. The van der Waals surface area contributed by atoms with E-state index in [2.05, 4.69) is 50.3 Å². The van der Waals surface area contributed by atoms with E-state index in [1.807, 2.05) is 0 Å². The number of ketones is 1. The van der Waals surface area contributed by atoms with Crippen molar-refractivity contribution in [1.82, 2.24) is 41.3 Å². The van der Waals surface area contributed by atoms with Gasteiger partial charge in [-0.1, -0.05) is 72.5 Å². The molecule has 5 amide bonds. The Hall–Kier alpha value is -6.04. The van der Waals surface area contributed by atoms with Gasteiger partial charge in [-0.05, 0) is 110 Å². The van der Waals surface area contributed by atoms with E-state index in [0.29, 0.717) is 24.2 Å². The second-order valence-corrected chi connectivity index (χ2v) is 18.2. The average Bonchev–Trinajstić information content (AvgIpc) is 4.06. The summed E-state index contributed by atoms with van der Waals surface area (Å²) in [7, 11) is 3.09. The van der Waals surface area contributed by atoms with Gasteiger partial charge in [-0.2, -0.15) is 26.3 Å². The number of benzene rings is 2. The minimum atomic E-state index is -5.14. The van der Waals surface area contributed by atoms with Crippen LogP contribution in [0.25, 0.3) is 0 Å². The van der Waals surface area contributed by atoms with Crippen molar-refractivity contribution in [1.29, 1.82) is 0 Å². The highest BCUT2D eigenvalue weighted by Gasteiger charge is 2.47. The van der Waals surface area contributed by atoms with E-state index >= 15 is 0 Å². The van der Waals surface area contributed by atoms with Gasteiger partial charge in [-0.15, -0.1) is 0 Å². The molecule has 0 saturated carbocycles. The van der Waals surface area contributed by atoms with E-state index in [0.717, 1.165) is 11.1 Å². The molecule has 0 aromatic heterocycles. The summed E-state index contributed by atoms with van der Waals surface area (Å²) in [5.41, 5.74) is 1.47. The lowest BCUT2D eigenvalue weighted by Gasteiger charge is -2.35. The zero-order valence-corrected chi connectivity index (χ0v) is 42.5. The molecule has 0 spiro atoms. The lowest BCUT2D eigenvalue weighted by molar-refractivity contribution is -0.186. The van der Waals surface area contributed by atoms with Crippen LogP contribution in [0.5, 0.6) is 0 Å². The van der Waals surface area contributed by atoms with E-state index < -0.39 is 102 Å². The molecule has 2 aliphatic heterocycles. The Bertz CT molecular complexity index is 2150. The third-order valence-corrected chi connectivity index (χ3v) is 13.0. The SMILES string of the molecule is CN[C@@H](C)C(=O)N[C@H](C(=O)N1CCC[C@H]1CN(CCc1ccccc1)C(=O)C(F)(F)F)[C@@H](C)OCC#CC#CCO[C@H](C)[C@H](NC(=O)[C@H](C)NC)C(=O)N1CCC[C@H]1NC(CCc1ccccc1)C(=O)C(F)(F)F. The number of alkyl halides is 6. The Morgan fingerprint density at radius 1 is 0.676 bits per heavy atom. The summed E-state index contributed by atoms with van der Waals surface area (Å²) in [5, 5.41) is 13.7. The smallest absolute Gasteiger partial charge is 0.363 e. The molecule has 0 bridgehead atoms. The number of carbonyl (C=O) groups is 6. The molecule has 2 aromatic carbocycles. The van der Waals surface area contributed by atoms with E-state index in [1.54, 1.807) is 88.6 Å². The lowest BCUT2D eigenvalue weighted by atomic mass is 10.0. The third kappa shape index (κ3) is 18.4. The molecule has 2 heterocycles. The van der Waals surface area contributed by atoms with Gasteiger partial charge >= 0.3 is 18.3 Å². The molecule has 16 nitrogen and oxygen atoms in total. The molecular formula is C52H68F6N8O8. The van der Waals surface area contributed by atoms with Gasteiger partial charge in [0, 0.05) is 32.2 Å². The number of likely N-dealkylation sites (N-methyl/N-ethyl adjacent to an activating group) is 2. The molecule has 406 valence electrons. The van der Waals surface area contributed by atoms with Crippen LogP contribution in [0.4, 0.5) is 26.3 Å². The topological polar surface area (TPSA) is 191 Å². The van der Waals surface area contributed by atoms with Crippen LogP contribution >= 0.6 is 0 Å². The van der Waals surface area contributed by atoms with Crippen molar-refractivity contribution in [3.05, 3.63) is 71.8 Å². The maximum atomic E-state index is 14.2. The Labute approximate surface area is 428 Å². The number of aryl methyl sites for hydroxylation is 1. The quantitative estimate of drug-likeness (QED) is 0.0726. The number of halogens is 6. The minimum Gasteiger partial charge on any atom is -0.363 e. The average molecular weight is 1050 g/mol. The van der Waals surface area contributed by atoms with Crippen molar-refractivity contribution in [3.63, 3.8) is 0 Å². The van der Waals surface area contributed by atoms with Crippen molar-refractivity contribution >= 4 is 35.3 Å². The van der Waals surface area contributed by atoms with Crippen LogP contribution < -0.4 is 26.6 Å². The van der Waals surface area contributed by atoms with Gasteiger partial charge in [0.1, 0.15) is 25.3 Å². The second-order valence-electron chi connectivity index (χ2n) is 18.2. The van der Waals surface area contributed by atoms with Crippen molar-refractivity contribution in [3.8, 4) is 23.7 Å². The molecule has 4 rings (SSSR count). The zero-order valence-electron chi connectivity index (χ0n) is 42.5. The summed E-state index contributed by atoms with van der Waals surface area (Å²) in [5.74, 6) is 4.24. The van der Waals surface area contributed by atoms with Crippen molar-refractivity contribution in [2.45, 2.75) is 140 Å². The normalized spacial score (nSPS) is 18.5. The Kier molecular flexibility index (Phi) is 23.8. The molecular weight excluding hydrogens is 979 g/mol. The van der Waals surface area contributed by atoms with E-state index in [9.17, 15) is 55.1 Å². The number of carbonyl (C=O) groups excluding carboxylic acids is 6. The molecule has 2 aliphatic rings. The van der Waals surface area contributed by atoms with Crippen molar-refractivity contribution in [2.75, 3.05) is 53.5 Å². The van der Waals surface area contributed by atoms with Crippen LogP contribution in [0.2, 0.25) is 0 Å². The van der Waals surface area contributed by atoms with Gasteiger partial charge in [0.2, 0.25) is 23.6 Å². The fraction of sp³-hybridized carbons (Fsp3) is 0.577. The van der Waals surface area contributed by atoms with Crippen LogP contribution in [0.15, 0.2) is 60.7 Å². The molecule has 74 heavy (non-hydrogen) atoms. The summed E-state index contributed by atoms with van der Waals surface area (Å²) >= 11 is 0. The van der Waals surface area contributed by atoms with Gasteiger partial charge in [0.25, 0.3) is 5.78 Å². The van der Waals surface area contributed by atoms with Crippen LogP contribution in [-0.2, 0) is 51.1 Å². The standard InChI is InChI=1S/C52H68F6N8O8/c1-34(59-5)46(68)62-43(48(70)65-28-17-23-40(65)33-64(50(72)52(56,57)58)30-27-39-21-13-10-14-22-39)36(3)73-31-15-7-8-16-32-74-37(4)44(63-47(69)35(2)60-6)49(71)66-29-18-24-42(66)61-41(45(67)51(53,54)55)26-25-38-19-11-9-12-20-38/h9-14,19-22,34-37,40-44,59-61H,17-18,23-33H2,1-6H3,(H,62,68)(H,63,69)/t34-,35-,36+,37+,40-,41?,42-,43-,44-/m0/s1. The largest absolute Gasteiger partial charge is 0.471 e. The minimum absolute atomic E-state index is 0.135. The molecule has 0 radical (unpaired) electrons. The molecule has 0 aliphatic carbocycles. The first-order chi connectivity index (χ1) is 35.1. The fourth-order valence-electron chi connectivity index (χ4n) is 8.45. The molecule has 22 heteroatoms. The van der Waals surface area contributed by atoms with Gasteiger partial charge in [0.15, 0.2) is 0 Å². The number of likely N-dealkylation sites (tertiary alicyclic amines) is 2. The monoisotopic (exact) mass is 1050 g/mol. The number of hydrogen-bond acceptors (Lipinski definition) is 11. The van der Waals surface area contributed by atoms with E-state index in [-0.39, 0.29) is 65.1 Å². The number of rotatable bonds is 25. The number of amides is 5. The van der Waals surface area contributed by atoms with Gasteiger partial charge < -0.3 is 45.4 Å². The number of nitrogens with one attached hydrogen (secondary N) is 5. The Balaban J connectivity index is 1.41. The Morgan fingerprint density at radius 2 is 1.15 bits per heavy atom. The molecule has 5 N–H and O–H groups in total. The number of ether oxygens (including phenoxy) is 2. The zero-order chi connectivity index (χ0) is 54.6. The van der Waals surface area contributed by atoms with Crippen molar-refractivity contribution < 1.29 is 64.6 Å². The Morgan fingerprint density at radius 3 is 1.64 bits per heavy atom. The van der Waals surface area contributed by atoms with Gasteiger partial charge in [-0.3, -0.25) is 34.1 Å². The van der Waals surface area contributed by atoms with E-state index in [1.165, 1.54) is 23.6 Å². The highest BCUT2D eigenvalue weighted by Crippen LogP contribution is 2.26. The van der Waals surface area contributed by atoms with Gasteiger partial charge in [-0.25, -0.2) is 0 Å². The molecule has 9 atom stereocenters. The van der Waals surface area contributed by atoms with Crippen molar-refractivity contribution in [2.24, 2.45) is 0 Å².